The van der Waals surface area contributed by atoms with Crippen LogP contribution < -0.4 is 0 Å². The second-order valence-corrected chi connectivity index (χ2v) is 5.92. The fraction of sp³-hybridized carbons (Fsp3) is 0.938. The van der Waals surface area contributed by atoms with E-state index in [1.54, 1.807) is 6.92 Å². The van der Waals surface area contributed by atoms with Gasteiger partial charge in [0.15, 0.2) is 0 Å². The molecule has 0 aromatic carbocycles. The first kappa shape index (κ1) is 17.6. The molecular formula is C16H32O2. The highest BCUT2D eigenvalue weighted by Gasteiger charge is 2.18. The summed E-state index contributed by atoms with van der Waals surface area (Å²) in [5, 5.41) is 10.2. The van der Waals surface area contributed by atoms with Gasteiger partial charge >= 0.3 is 0 Å². The third kappa shape index (κ3) is 12.1. The lowest BCUT2D eigenvalue weighted by atomic mass is 9.91. The molecule has 0 spiro atoms. The topological polar surface area (TPSA) is 37.3 Å². The molecule has 0 rings (SSSR count). The van der Waals surface area contributed by atoms with Crippen molar-refractivity contribution in [3.05, 3.63) is 0 Å². The quantitative estimate of drug-likeness (QED) is 0.517. The van der Waals surface area contributed by atoms with E-state index < -0.39 is 5.60 Å². The van der Waals surface area contributed by atoms with Crippen LogP contribution in [-0.2, 0) is 4.79 Å². The predicted molar refractivity (Wildman–Crippen MR) is 77.8 cm³/mol. The number of hydrogen-bond donors (Lipinski definition) is 1. The van der Waals surface area contributed by atoms with Gasteiger partial charge in [-0.05, 0) is 33.1 Å². The van der Waals surface area contributed by atoms with Crippen LogP contribution in [0.2, 0.25) is 0 Å². The van der Waals surface area contributed by atoms with E-state index in [0.29, 0.717) is 6.42 Å². The number of carbonyl (C=O) groups excluding carboxylic acids is 1. The molecular weight excluding hydrogens is 224 g/mol. The van der Waals surface area contributed by atoms with Crippen molar-refractivity contribution in [3.63, 3.8) is 0 Å². The fourth-order valence-electron chi connectivity index (χ4n) is 2.29. The molecule has 0 saturated heterocycles. The first-order valence-electron chi connectivity index (χ1n) is 7.70. The van der Waals surface area contributed by atoms with Crippen molar-refractivity contribution in [1.82, 2.24) is 0 Å². The molecule has 0 radical (unpaired) electrons. The summed E-state index contributed by atoms with van der Waals surface area (Å²) in [7, 11) is 0. The number of unbranched alkanes of at least 4 members (excludes halogenated alkanes) is 6. The maximum Gasteiger partial charge on any atom is 0.129 e. The second-order valence-electron chi connectivity index (χ2n) is 5.92. The summed E-state index contributed by atoms with van der Waals surface area (Å²) in [6.45, 7) is 5.83. The molecule has 2 nitrogen and oxygen atoms in total. The largest absolute Gasteiger partial charge is 0.390 e. The standard InChI is InChI=1S/C16H32O2/c1-4-5-6-10-13-16(3,18)14-11-8-7-9-12-15(2)17/h18H,4-14H2,1-3H3. The van der Waals surface area contributed by atoms with Gasteiger partial charge in [0.25, 0.3) is 0 Å². The SMILES string of the molecule is CCCCCCC(C)(O)CCCCCCC(C)=O. The van der Waals surface area contributed by atoms with Crippen LogP contribution >= 0.6 is 0 Å². The molecule has 2 heteroatoms. The molecule has 0 amide bonds. The number of ketones is 1. The monoisotopic (exact) mass is 256 g/mol. The maximum absolute atomic E-state index is 10.8. The first-order valence-corrected chi connectivity index (χ1v) is 7.70. The van der Waals surface area contributed by atoms with Crippen LogP contribution in [0.1, 0.15) is 91.4 Å². The summed E-state index contributed by atoms with van der Waals surface area (Å²) in [4.78, 5) is 10.8. The van der Waals surface area contributed by atoms with Crippen molar-refractivity contribution < 1.29 is 9.90 Å². The van der Waals surface area contributed by atoms with Gasteiger partial charge in [-0.3, -0.25) is 0 Å². The highest BCUT2D eigenvalue weighted by atomic mass is 16.3. The van der Waals surface area contributed by atoms with E-state index in [1.807, 2.05) is 6.92 Å². The Bertz CT molecular complexity index is 209. The molecule has 0 fully saturated rings. The number of Topliss-reactive ketones (excluding diaryl/α,β-unsaturated/α-hetero) is 1. The predicted octanol–water partition coefficient (Wildman–Crippen LogP) is 4.64. The molecule has 1 atom stereocenters. The molecule has 0 aliphatic heterocycles. The smallest absolute Gasteiger partial charge is 0.129 e. The summed E-state index contributed by atoms with van der Waals surface area (Å²) in [5.41, 5.74) is -0.478. The van der Waals surface area contributed by atoms with Gasteiger partial charge in [-0.1, -0.05) is 51.9 Å². The van der Waals surface area contributed by atoms with Crippen LogP contribution in [-0.4, -0.2) is 16.5 Å². The third-order valence-corrected chi connectivity index (χ3v) is 3.56. The van der Waals surface area contributed by atoms with Crippen molar-refractivity contribution in [3.8, 4) is 0 Å². The third-order valence-electron chi connectivity index (χ3n) is 3.56. The van der Waals surface area contributed by atoms with Gasteiger partial charge in [-0.25, -0.2) is 0 Å². The van der Waals surface area contributed by atoms with Gasteiger partial charge in [0.1, 0.15) is 5.78 Å². The summed E-state index contributed by atoms with van der Waals surface area (Å²) >= 11 is 0. The molecule has 1 unspecified atom stereocenters. The van der Waals surface area contributed by atoms with Gasteiger partial charge in [0, 0.05) is 6.42 Å². The van der Waals surface area contributed by atoms with E-state index in [0.717, 1.165) is 44.9 Å². The van der Waals surface area contributed by atoms with E-state index in [4.69, 9.17) is 0 Å². The molecule has 18 heavy (non-hydrogen) atoms. The average molecular weight is 256 g/mol. The Hall–Kier alpha value is -0.370. The van der Waals surface area contributed by atoms with Gasteiger partial charge in [-0.15, -0.1) is 0 Å². The lowest BCUT2D eigenvalue weighted by Crippen LogP contribution is -2.23. The summed E-state index contributed by atoms with van der Waals surface area (Å²) < 4.78 is 0. The zero-order valence-corrected chi connectivity index (χ0v) is 12.6. The lowest BCUT2D eigenvalue weighted by molar-refractivity contribution is -0.117. The van der Waals surface area contributed by atoms with Crippen molar-refractivity contribution >= 4 is 5.78 Å². The van der Waals surface area contributed by atoms with E-state index in [1.165, 1.54) is 19.3 Å². The van der Waals surface area contributed by atoms with Crippen LogP contribution in [0.3, 0.4) is 0 Å². The van der Waals surface area contributed by atoms with Crippen LogP contribution in [0.5, 0.6) is 0 Å². The van der Waals surface area contributed by atoms with Crippen molar-refractivity contribution in [2.75, 3.05) is 0 Å². The van der Waals surface area contributed by atoms with Crippen LogP contribution in [0.25, 0.3) is 0 Å². The average Bonchev–Trinajstić information content (AvgIpc) is 2.29. The second kappa shape index (κ2) is 10.5. The number of rotatable bonds is 12. The molecule has 0 bridgehead atoms. The first-order chi connectivity index (χ1) is 8.48. The van der Waals surface area contributed by atoms with Crippen molar-refractivity contribution in [2.45, 2.75) is 97.0 Å². The fourth-order valence-corrected chi connectivity index (χ4v) is 2.29. The van der Waals surface area contributed by atoms with Gasteiger partial charge in [0.2, 0.25) is 0 Å². The normalized spacial score (nSPS) is 14.4. The minimum atomic E-state index is -0.478. The zero-order valence-electron chi connectivity index (χ0n) is 12.6. The Morgan fingerprint density at radius 1 is 0.944 bits per heavy atom. The van der Waals surface area contributed by atoms with E-state index >= 15 is 0 Å². The summed E-state index contributed by atoms with van der Waals surface area (Å²) in [5.74, 6) is 0.290. The van der Waals surface area contributed by atoms with Crippen LogP contribution in [0, 0.1) is 0 Å². The van der Waals surface area contributed by atoms with Gasteiger partial charge < -0.3 is 9.90 Å². The maximum atomic E-state index is 10.8. The van der Waals surface area contributed by atoms with E-state index in [-0.39, 0.29) is 5.78 Å². The lowest BCUT2D eigenvalue weighted by Gasteiger charge is -2.23. The Balaban J connectivity index is 3.42. The van der Waals surface area contributed by atoms with Crippen LogP contribution in [0.4, 0.5) is 0 Å². The highest BCUT2D eigenvalue weighted by Crippen LogP contribution is 2.22. The molecule has 0 heterocycles. The molecule has 0 aliphatic rings. The Labute approximate surface area is 113 Å². The number of aliphatic hydroxyl groups is 1. The van der Waals surface area contributed by atoms with Gasteiger partial charge in [0.05, 0.1) is 5.60 Å². The molecule has 0 aromatic rings. The van der Waals surface area contributed by atoms with Gasteiger partial charge in [-0.2, -0.15) is 0 Å². The highest BCUT2D eigenvalue weighted by molar-refractivity contribution is 5.75. The minimum absolute atomic E-state index is 0.290. The molecule has 0 saturated carbocycles. The Kier molecular flexibility index (Phi) is 10.3. The van der Waals surface area contributed by atoms with E-state index in [9.17, 15) is 9.90 Å². The number of hydrogen-bond acceptors (Lipinski definition) is 2. The Morgan fingerprint density at radius 3 is 1.94 bits per heavy atom. The number of carbonyl (C=O) groups is 1. The molecule has 0 aliphatic carbocycles. The zero-order chi connectivity index (χ0) is 13.9. The molecule has 1 N–H and O–H groups in total. The summed E-state index contributed by atoms with van der Waals surface area (Å²) in [6, 6.07) is 0. The molecule has 108 valence electrons. The van der Waals surface area contributed by atoms with Crippen LogP contribution in [0.15, 0.2) is 0 Å². The van der Waals surface area contributed by atoms with Crippen molar-refractivity contribution in [1.29, 1.82) is 0 Å². The minimum Gasteiger partial charge on any atom is -0.390 e. The van der Waals surface area contributed by atoms with E-state index in [2.05, 4.69) is 6.92 Å². The summed E-state index contributed by atoms with van der Waals surface area (Å²) in [6.07, 6.45) is 11.8. The van der Waals surface area contributed by atoms with Crippen molar-refractivity contribution in [2.24, 2.45) is 0 Å². The molecule has 0 aromatic heterocycles. The Morgan fingerprint density at radius 2 is 1.44 bits per heavy atom.